The van der Waals surface area contributed by atoms with E-state index in [1.807, 2.05) is 30.3 Å². The first-order chi connectivity index (χ1) is 9.15. The highest BCUT2D eigenvalue weighted by Crippen LogP contribution is 2.30. The molecule has 0 saturated heterocycles. The van der Waals surface area contributed by atoms with E-state index in [2.05, 4.69) is 12.1 Å². The molecule has 0 unspecified atom stereocenters. The van der Waals surface area contributed by atoms with Crippen molar-refractivity contribution < 1.29 is 0 Å². The van der Waals surface area contributed by atoms with Crippen molar-refractivity contribution in [1.82, 2.24) is 0 Å². The van der Waals surface area contributed by atoms with Gasteiger partial charge in [0.05, 0.1) is 5.02 Å². The Balaban J connectivity index is 1.80. The van der Waals surface area contributed by atoms with Crippen LogP contribution in [0.4, 0.5) is 5.69 Å². The molecule has 2 aromatic rings. The van der Waals surface area contributed by atoms with Crippen molar-refractivity contribution >= 4 is 40.7 Å². The van der Waals surface area contributed by atoms with E-state index >= 15 is 0 Å². The first-order valence-corrected chi connectivity index (χ1v) is 7.81. The fraction of sp³-hybridized carbons (Fsp3) is 0.200. The van der Waals surface area contributed by atoms with E-state index in [0.29, 0.717) is 0 Å². The van der Waals surface area contributed by atoms with Crippen LogP contribution in [0.1, 0.15) is 12.0 Å². The van der Waals surface area contributed by atoms with Gasteiger partial charge in [-0.2, -0.15) is 0 Å². The molecule has 4 heteroatoms. The lowest BCUT2D eigenvalue weighted by Crippen LogP contribution is -1.90. The Hall–Kier alpha value is -0.830. The van der Waals surface area contributed by atoms with Crippen molar-refractivity contribution in [1.29, 1.82) is 0 Å². The van der Waals surface area contributed by atoms with Gasteiger partial charge < -0.3 is 5.73 Å². The van der Waals surface area contributed by atoms with Gasteiger partial charge in [-0.1, -0.05) is 35.3 Å². The Kier molecular flexibility index (Phi) is 5.44. The fourth-order valence-corrected chi connectivity index (χ4v) is 3.17. The van der Waals surface area contributed by atoms with Crippen LogP contribution in [0.3, 0.4) is 0 Å². The minimum Gasteiger partial charge on any atom is -0.399 e. The van der Waals surface area contributed by atoms with Crippen LogP contribution in [-0.2, 0) is 6.42 Å². The minimum atomic E-state index is 0.727. The van der Waals surface area contributed by atoms with E-state index < -0.39 is 0 Å². The molecule has 1 nitrogen and oxygen atoms in total. The van der Waals surface area contributed by atoms with Gasteiger partial charge in [-0.15, -0.1) is 11.8 Å². The molecule has 0 atom stereocenters. The van der Waals surface area contributed by atoms with Gasteiger partial charge in [0, 0.05) is 15.6 Å². The maximum Gasteiger partial charge on any atom is 0.0542 e. The molecule has 0 aromatic heterocycles. The number of anilines is 1. The lowest BCUT2D eigenvalue weighted by atomic mass is 10.1. The van der Waals surface area contributed by atoms with E-state index in [9.17, 15) is 0 Å². The van der Waals surface area contributed by atoms with Gasteiger partial charge in [-0.3, -0.25) is 0 Å². The molecule has 0 heterocycles. The number of halogens is 2. The summed E-state index contributed by atoms with van der Waals surface area (Å²) in [5.74, 6) is 1.02. The maximum atomic E-state index is 6.12. The fourth-order valence-electron chi connectivity index (χ4n) is 1.73. The van der Waals surface area contributed by atoms with Crippen LogP contribution < -0.4 is 5.73 Å². The number of aryl methyl sites for hydroxylation is 1. The highest BCUT2D eigenvalue weighted by molar-refractivity contribution is 7.99. The summed E-state index contributed by atoms with van der Waals surface area (Å²) in [4.78, 5) is 1.05. The van der Waals surface area contributed by atoms with Crippen LogP contribution in [0.2, 0.25) is 10.0 Å². The third-order valence-corrected chi connectivity index (χ3v) is 4.56. The van der Waals surface area contributed by atoms with Crippen LogP contribution in [-0.4, -0.2) is 5.75 Å². The smallest absolute Gasteiger partial charge is 0.0542 e. The van der Waals surface area contributed by atoms with Crippen LogP contribution in [0.25, 0.3) is 0 Å². The number of nitrogen functional groups attached to an aromatic ring is 1. The third-order valence-electron chi connectivity index (χ3n) is 2.74. The molecule has 0 aliphatic heterocycles. The first-order valence-electron chi connectivity index (χ1n) is 6.07. The molecule has 2 N–H and O–H groups in total. The lowest BCUT2D eigenvalue weighted by Gasteiger charge is -2.05. The van der Waals surface area contributed by atoms with Gasteiger partial charge >= 0.3 is 0 Å². The third kappa shape index (κ3) is 4.64. The summed E-state index contributed by atoms with van der Waals surface area (Å²) in [7, 11) is 0. The molecule has 0 aliphatic rings. The molecule has 0 aliphatic carbocycles. The van der Waals surface area contributed by atoms with Gasteiger partial charge in [0.1, 0.15) is 0 Å². The molecule has 0 fully saturated rings. The zero-order valence-corrected chi connectivity index (χ0v) is 12.7. The minimum absolute atomic E-state index is 0.727. The van der Waals surface area contributed by atoms with Gasteiger partial charge in [0.15, 0.2) is 0 Å². The first kappa shape index (κ1) is 14.6. The second-order valence-corrected chi connectivity index (χ2v) is 6.25. The van der Waals surface area contributed by atoms with E-state index in [1.165, 1.54) is 5.56 Å². The van der Waals surface area contributed by atoms with E-state index in [1.54, 1.807) is 11.8 Å². The largest absolute Gasteiger partial charge is 0.399 e. The van der Waals surface area contributed by atoms with Crippen LogP contribution in [0, 0.1) is 0 Å². The summed E-state index contributed by atoms with van der Waals surface area (Å²) in [6.07, 6.45) is 2.14. The molecule has 2 rings (SSSR count). The number of hydrogen-bond acceptors (Lipinski definition) is 2. The Morgan fingerprint density at radius 3 is 2.47 bits per heavy atom. The molecule has 0 spiro atoms. The lowest BCUT2D eigenvalue weighted by molar-refractivity contribution is 0.933. The summed E-state index contributed by atoms with van der Waals surface area (Å²) >= 11 is 13.8. The van der Waals surface area contributed by atoms with Crippen LogP contribution >= 0.6 is 35.0 Å². The van der Waals surface area contributed by atoms with Crippen molar-refractivity contribution in [2.45, 2.75) is 17.7 Å². The maximum absolute atomic E-state index is 6.12. The predicted molar refractivity (Wildman–Crippen MR) is 86.4 cm³/mol. The Bertz CT molecular complexity index is 540. The number of hydrogen-bond donors (Lipinski definition) is 1. The van der Waals surface area contributed by atoms with Gasteiger partial charge in [0.2, 0.25) is 0 Å². The molecular formula is C15H15Cl2NS. The van der Waals surface area contributed by atoms with E-state index in [0.717, 1.165) is 39.2 Å². The quantitative estimate of drug-likeness (QED) is 0.460. The molecular weight excluding hydrogens is 297 g/mol. The Labute approximate surface area is 128 Å². The van der Waals surface area contributed by atoms with E-state index in [4.69, 9.17) is 28.9 Å². The summed E-state index contributed by atoms with van der Waals surface area (Å²) < 4.78 is 0. The molecule has 19 heavy (non-hydrogen) atoms. The average Bonchev–Trinajstić information content (AvgIpc) is 2.40. The zero-order valence-electron chi connectivity index (χ0n) is 10.4. The van der Waals surface area contributed by atoms with Crippen LogP contribution in [0.5, 0.6) is 0 Å². The number of nitrogens with two attached hydrogens (primary N) is 1. The highest BCUT2D eigenvalue weighted by Gasteiger charge is 2.02. The number of benzene rings is 2. The van der Waals surface area contributed by atoms with Crippen molar-refractivity contribution in [3.8, 4) is 0 Å². The van der Waals surface area contributed by atoms with Crippen molar-refractivity contribution in [3.63, 3.8) is 0 Å². The predicted octanol–water partition coefficient (Wildman–Crippen LogP) is 5.30. The van der Waals surface area contributed by atoms with Crippen molar-refractivity contribution in [2.24, 2.45) is 0 Å². The second-order valence-electron chi connectivity index (χ2n) is 4.27. The Morgan fingerprint density at radius 2 is 1.74 bits per heavy atom. The van der Waals surface area contributed by atoms with Gasteiger partial charge in [-0.05, 0) is 54.5 Å². The molecule has 0 radical (unpaired) electrons. The molecule has 2 aromatic carbocycles. The number of thioether (sulfide) groups is 1. The van der Waals surface area contributed by atoms with Crippen molar-refractivity contribution in [3.05, 3.63) is 58.1 Å². The molecule has 0 amide bonds. The monoisotopic (exact) mass is 311 g/mol. The van der Waals surface area contributed by atoms with Gasteiger partial charge in [-0.25, -0.2) is 0 Å². The zero-order chi connectivity index (χ0) is 13.7. The van der Waals surface area contributed by atoms with E-state index in [-0.39, 0.29) is 0 Å². The SMILES string of the molecule is Nc1ccc(CCCSc2cc(Cl)ccc2Cl)cc1. The summed E-state index contributed by atoms with van der Waals surface area (Å²) in [5.41, 5.74) is 7.78. The summed E-state index contributed by atoms with van der Waals surface area (Å²) in [5, 5.41) is 1.49. The normalized spacial score (nSPS) is 10.6. The molecule has 100 valence electrons. The van der Waals surface area contributed by atoms with Gasteiger partial charge in [0.25, 0.3) is 0 Å². The standard InChI is InChI=1S/C15H15Cl2NS/c16-12-5-8-14(17)15(10-12)19-9-1-2-11-3-6-13(18)7-4-11/h3-8,10H,1-2,9,18H2. The molecule has 0 bridgehead atoms. The summed E-state index contributed by atoms with van der Waals surface area (Å²) in [6.45, 7) is 0. The van der Waals surface area contributed by atoms with Crippen molar-refractivity contribution in [2.75, 3.05) is 11.5 Å². The number of rotatable bonds is 5. The Morgan fingerprint density at radius 1 is 1.00 bits per heavy atom. The average molecular weight is 312 g/mol. The topological polar surface area (TPSA) is 26.0 Å². The second kappa shape index (κ2) is 7.09. The molecule has 0 saturated carbocycles. The summed E-state index contributed by atoms with van der Waals surface area (Å²) in [6, 6.07) is 13.6. The highest BCUT2D eigenvalue weighted by atomic mass is 35.5. The van der Waals surface area contributed by atoms with Crippen LogP contribution in [0.15, 0.2) is 47.4 Å².